The molecule has 0 amide bonds. The van der Waals surface area contributed by atoms with E-state index in [4.69, 9.17) is 0 Å². The van der Waals surface area contributed by atoms with Crippen molar-refractivity contribution in [3.05, 3.63) is 215 Å². The summed E-state index contributed by atoms with van der Waals surface area (Å²) in [7, 11) is 0. The summed E-state index contributed by atoms with van der Waals surface area (Å²) in [5.74, 6) is 0. The van der Waals surface area contributed by atoms with E-state index in [1.165, 1.54) is 127 Å². The molecule has 0 heteroatoms. The third-order valence-electron chi connectivity index (χ3n) is 13.9. The van der Waals surface area contributed by atoms with Gasteiger partial charge in [-0.05, 0) is 165 Å². The second-order valence-corrected chi connectivity index (χ2v) is 16.8. The van der Waals surface area contributed by atoms with Gasteiger partial charge in [-0.25, -0.2) is 0 Å². The van der Waals surface area contributed by atoms with Gasteiger partial charge in [-0.3, -0.25) is 0 Å². The Labute approximate surface area is 338 Å². The Bertz CT molecular complexity index is 3430. The van der Waals surface area contributed by atoms with Crippen molar-refractivity contribution in [1.82, 2.24) is 0 Å². The van der Waals surface area contributed by atoms with E-state index in [1.54, 1.807) is 0 Å². The van der Waals surface area contributed by atoms with Crippen molar-refractivity contribution in [3.63, 3.8) is 0 Å². The van der Waals surface area contributed by atoms with E-state index in [2.05, 4.69) is 195 Å². The van der Waals surface area contributed by atoms with Gasteiger partial charge in [0.15, 0.2) is 0 Å². The number of hydrogen-bond acceptors (Lipinski definition) is 0. The molecule has 13 rings (SSSR count). The molecular weight excluding hydrogens is 697 g/mol. The van der Waals surface area contributed by atoms with E-state index in [0.29, 0.717) is 0 Å². The van der Waals surface area contributed by atoms with Crippen molar-refractivity contribution >= 4 is 54.7 Å². The fourth-order valence-electron chi connectivity index (χ4n) is 11.1. The molecular formula is C58H38. The van der Waals surface area contributed by atoms with Crippen LogP contribution in [0.1, 0.15) is 46.7 Å². The summed E-state index contributed by atoms with van der Waals surface area (Å²) in [4.78, 5) is 0. The number of rotatable bonds is 4. The molecule has 3 aliphatic rings. The maximum atomic E-state index is 2.51. The highest BCUT2D eigenvalue weighted by Crippen LogP contribution is 2.55. The molecule has 0 spiro atoms. The van der Waals surface area contributed by atoms with Crippen LogP contribution in [0.25, 0.3) is 99.2 Å². The molecule has 0 bridgehead atoms. The van der Waals surface area contributed by atoms with E-state index in [-0.39, 0.29) is 5.41 Å². The maximum absolute atomic E-state index is 2.51. The molecule has 0 radical (unpaired) electrons. The first-order valence-corrected chi connectivity index (χ1v) is 20.7. The van der Waals surface area contributed by atoms with Gasteiger partial charge >= 0.3 is 0 Å². The van der Waals surface area contributed by atoms with Crippen LogP contribution in [-0.4, -0.2) is 0 Å². The first-order chi connectivity index (χ1) is 28.6. The summed E-state index contributed by atoms with van der Waals surface area (Å²) in [6.45, 7) is 2.45. The van der Waals surface area contributed by atoms with Gasteiger partial charge < -0.3 is 0 Å². The van der Waals surface area contributed by atoms with Crippen LogP contribution in [0.4, 0.5) is 0 Å². The van der Waals surface area contributed by atoms with Crippen molar-refractivity contribution in [3.8, 4) is 44.5 Å². The predicted octanol–water partition coefficient (Wildman–Crippen LogP) is 15.4. The normalized spacial score (nSPS) is 16.3. The SMILES string of the molecule is CC1(c2ccccc2)c2cc(-c3cccc(-c4ccc5ccc6cccc7ccc4c5c67)c3)ccc2-c2ccc(-c3ccc4c5c6c(ccc35)C=CCC6=CC4)cc21. The van der Waals surface area contributed by atoms with Crippen LogP contribution in [0.5, 0.6) is 0 Å². The Morgan fingerprint density at radius 2 is 1.03 bits per heavy atom. The summed E-state index contributed by atoms with van der Waals surface area (Å²) < 4.78 is 0. The van der Waals surface area contributed by atoms with E-state index < -0.39 is 0 Å². The monoisotopic (exact) mass is 734 g/mol. The molecule has 1 atom stereocenters. The van der Waals surface area contributed by atoms with Gasteiger partial charge in [0.1, 0.15) is 0 Å². The molecule has 0 saturated carbocycles. The average Bonchev–Trinajstić information content (AvgIpc) is 3.54. The Morgan fingerprint density at radius 1 is 0.431 bits per heavy atom. The number of hydrogen-bond donors (Lipinski definition) is 0. The highest BCUT2D eigenvalue weighted by Gasteiger charge is 2.41. The Hall–Kier alpha value is -7.02. The zero-order valence-electron chi connectivity index (χ0n) is 32.3. The second-order valence-electron chi connectivity index (χ2n) is 16.8. The first-order valence-electron chi connectivity index (χ1n) is 20.7. The van der Waals surface area contributed by atoms with Gasteiger partial charge in [0.2, 0.25) is 0 Å². The minimum atomic E-state index is -0.331. The summed E-state index contributed by atoms with van der Waals surface area (Å²) in [5, 5.41) is 10.7. The van der Waals surface area contributed by atoms with E-state index in [0.717, 1.165) is 12.8 Å². The van der Waals surface area contributed by atoms with Crippen LogP contribution in [0.3, 0.4) is 0 Å². The quantitative estimate of drug-likeness (QED) is 0.158. The maximum Gasteiger partial charge on any atom is 0.0435 e. The molecule has 0 fully saturated rings. The number of benzene rings is 10. The lowest BCUT2D eigenvalue weighted by Crippen LogP contribution is -2.22. The van der Waals surface area contributed by atoms with Crippen molar-refractivity contribution < 1.29 is 0 Å². The molecule has 0 aromatic heterocycles. The third kappa shape index (κ3) is 4.35. The molecule has 0 saturated heterocycles. The molecule has 0 aliphatic heterocycles. The van der Waals surface area contributed by atoms with E-state index in [1.807, 2.05) is 0 Å². The van der Waals surface area contributed by atoms with Crippen molar-refractivity contribution in [1.29, 1.82) is 0 Å². The fraction of sp³-hybridized carbons (Fsp3) is 0.0690. The highest BCUT2D eigenvalue weighted by molar-refractivity contribution is 6.25. The Balaban J connectivity index is 0.956. The van der Waals surface area contributed by atoms with E-state index in [9.17, 15) is 0 Å². The van der Waals surface area contributed by atoms with Crippen LogP contribution in [0.15, 0.2) is 182 Å². The van der Waals surface area contributed by atoms with Gasteiger partial charge in [0.05, 0.1) is 0 Å². The lowest BCUT2D eigenvalue weighted by molar-refractivity contribution is 0.714. The molecule has 1 unspecified atom stereocenters. The molecule has 0 nitrogen and oxygen atoms in total. The van der Waals surface area contributed by atoms with E-state index >= 15 is 0 Å². The van der Waals surface area contributed by atoms with Gasteiger partial charge in [0, 0.05) is 5.41 Å². The molecule has 10 aromatic rings. The van der Waals surface area contributed by atoms with Crippen LogP contribution in [-0.2, 0) is 11.8 Å². The van der Waals surface area contributed by atoms with Crippen molar-refractivity contribution in [2.45, 2.75) is 25.2 Å². The molecule has 3 aliphatic carbocycles. The standard InChI is InChI=1S/C58H38/c1-58(45-14-3-2-4-15-45)52-33-42(41-12-7-13-43(32-41)46-26-20-39-18-16-35-8-5-10-37-22-30-50(46)56(39)54(35)37)24-28-48(52)49-29-25-44(34-53(49)58)47-27-21-40-19-17-36-9-6-11-38-23-31-51(47)57(40)55(36)38/h2-8,10-18,20-34H,9,19H2,1H3. The fourth-order valence-corrected chi connectivity index (χ4v) is 11.1. The van der Waals surface area contributed by atoms with Crippen LogP contribution in [0.2, 0.25) is 0 Å². The lowest BCUT2D eigenvalue weighted by Gasteiger charge is -2.29. The molecule has 0 heterocycles. The summed E-state index contributed by atoms with van der Waals surface area (Å²) in [6.07, 6.45) is 9.09. The van der Waals surface area contributed by atoms with Crippen LogP contribution < -0.4 is 0 Å². The molecule has 10 aromatic carbocycles. The zero-order chi connectivity index (χ0) is 38.1. The minimum Gasteiger partial charge on any atom is -0.0795 e. The number of allylic oxidation sites excluding steroid dienone is 3. The van der Waals surface area contributed by atoms with Crippen LogP contribution in [0, 0.1) is 0 Å². The lowest BCUT2D eigenvalue weighted by atomic mass is 9.73. The number of fused-ring (bicyclic) bond motifs is 3. The summed E-state index contributed by atoms with van der Waals surface area (Å²) in [6, 6.07) is 64.6. The first kappa shape index (κ1) is 32.1. The summed E-state index contributed by atoms with van der Waals surface area (Å²) in [5.41, 5.74) is 19.7. The predicted molar refractivity (Wildman–Crippen MR) is 247 cm³/mol. The van der Waals surface area contributed by atoms with Gasteiger partial charge in [0.25, 0.3) is 0 Å². The van der Waals surface area contributed by atoms with Crippen molar-refractivity contribution in [2.75, 3.05) is 0 Å². The van der Waals surface area contributed by atoms with Crippen LogP contribution >= 0.6 is 0 Å². The molecule has 0 N–H and O–H groups in total. The molecule has 270 valence electrons. The summed E-state index contributed by atoms with van der Waals surface area (Å²) >= 11 is 0. The zero-order valence-corrected chi connectivity index (χ0v) is 32.3. The Morgan fingerprint density at radius 3 is 1.86 bits per heavy atom. The van der Waals surface area contributed by atoms with Gasteiger partial charge in [-0.1, -0.05) is 170 Å². The topological polar surface area (TPSA) is 0 Å². The largest absolute Gasteiger partial charge is 0.0795 e. The van der Waals surface area contributed by atoms with Crippen molar-refractivity contribution in [2.24, 2.45) is 0 Å². The van der Waals surface area contributed by atoms with Gasteiger partial charge in [-0.15, -0.1) is 0 Å². The molecule has 58 heavy (non-hydrogen) atoms. The Kier molecular flexibility index (Phi) is 6.51. The second kappa shape index (κ2) is 11.8. The average molecular weight is 735 g/mol. The third-order valence-corrected chi connectivity index (χ3v) is 13.9. The van der Waals surface area contributed by atoms with Gasteiger partial charge in [-0.2, -0.15) is 0 Å². The smallest absolute Gasteiger partial charge is 0.0435 e. The minimum absolute atomic E-state index is 0.331. The highest BCUT2D eigenvalue weighted by atomic mass is 14.4.